The number of hydrogen-bond donors (Lipinski definition) is 3. The van der Waals surface area contributed by atoms with Gasteiger partial charge >= 0.3 is 0 Å². The first-order valence-electron chi connectivity index (χ1n) is 11.6. The number of carbonyl (C=O) groups excluding carboxylic acids is 2. The summed E-state index contributed by atoms with van der Waals surface area (Å²) in [6.07, 6.45) is 5.35. The van der Waals surface area contributed by atoms with Crippen LogP contribution in [0.25, 0.3) is 0 Å². The maximum atomic E-state index is 12.8. The third-order valence-electron chi connectivity index (χ3n) is 6.18. The second-order valence-electron chi connectivity index (χ2n) is 8.43. The van der Waals surface area contributed by atoms with E-state index in [9.17, 15) is 9.59 Å². The van der Waals surface area contributed by atoms with Crippen LogP contribution in [-0.2, 0) is 17.9 Å². The number of benzene rings is 1. The highest BCUT2D eigenvalue weighted by molar-refractivity contribution is 6.04. The van der Waals surface area contributed by atoms with Gasteiger partial charge in [0.2, 0.25) is 5.91 Å². The quantitative estimate of drug-likeness (QED) is 0.529. The fourth-order valence-electron chi connectivity index (χ4n) is 4.12. The van der Waals surface area contributed by atoms with Gasteiger partial charge in [-0.05, 0) is 36.9 Å². The summed E-state index contributed by atoms with van der Waals surface area (Å²) in [7, 11) is 3.13. The van der Waals surface area contributed by atoms with Crippen molar-refractivity contribution in [3.05, 3.63) is 78.0 Å². The summed E-state index contributed by atoms with van der Waals surface area (Å²) in [6, 6.07) is 7.66. The third-order valence-corrected chi connectivity index (χ3v) is 6.18. The van der Waals surface area contributed by atoms with Crippen molar-refractivity contribution in [1.29, 1.82) is 0 Å². The first-order chi connectivity index (χ1) is 17.0. The van der Waals surface area contributed by atoms with Gasteiger partial charge in [0.15, 0.2) is 5.82 Å². The lowest BCUT2D eigenvalue weighted by Gasteiger charge is -2.34. The minimum absolute atomic E-state index is 0.00984. The minimum atomic E-state index is -0.220. The highest BCUT2D eigenvalue weighted by Crippen LogP contribution is 2.28. The number of aromatic nitrogens is 2. The molecule has 9 heteroatoms. The first kappa shape index (κ1) is 25.9. The highest BCUT2D eigenvalue weighted by Gasteiger charge is 2.29. The summed E-state index contributed by atoms with van der Waals surface area (Å²) >= 11 is 0. The molecule has 2 aliphatic rings. The number of fused-ring (bicyclic) bond motifs is 1. The highest BCUT2D eigenvalue weighted by atomic mass is 16.2. The van der Waals surface area contributed by atoms with Gasteiger partial charge in [0.1, 0.15) is 0 Å². The average molecular weight is 479 g/mol. The van der Waals surface area contributed by atoms with Crippen LogP contribution in [0.4, 0.5) is 11.5 Å². The lowest BCUT2D eigenvalue weighted by molar-refractivity contribution is -0.131. The Morgan fingerprint density at radius 3 is 2.43 bits per heavy atom. The van der Waals surface area contributed by atoms with Crippen molar-refractivity contribution in [2.75, 3.05) is 50.6 Å². The number of hydrogen-bond acceptors (Lipinski definition) is 6. The predicted molar refractivity (Wildman–Crippen MR) is 138 cm³/mol. The van der Waals surface area contributed by atoms with E-state index in [2.05, 4.69) is 45.5 Å². The van der Waals surface area contributed by atoms with Crippen LogP contribution in [-0.4, -0.2) is 77.3 Å². The van der Waals surface area contributed by atoms with Crippen molar-refractivity contribution < 1.29 is 14.7 Å². The summed E-state index contributed by atoms with van der Waals surface area (Å²) in [5.74, 6) is 0.241. The Bertz CT molecular complexity index is 1080. The van der Waals surface area contributed by atoms with Crippen LogP contribution >= 0.6 is 0 Å². The van der Waals surface area contributed by atoms with Crippen molar-refractivity contribution in [2.45, 2.75) is 19.5 Å². The largest absolute Gasteiger partial charge is 0.400 e. The number of amides is 2. The van der Waals surface area contributed by atoms with Gasteiger partial charge in [0.25, 0.3) is 5.91 Å². The van der Waals surface area contributed by atoms with Crippen LogP contribution in [0.1, 0.15) is 28.0 Å². The lowest BCUT2D eigenvalue weighted by atomic mass is 10.1. The normalized spacial score (nSPS) is 15.7. The van der Waals surface area contributed by atoms with Gasteiger partial charge in [0.05, 0.1) is 25.2 Å². The number of allylic oxidation sites excluding steroid dienone is 3. The fraction of sp³-hybridized carbons (Fsp3) is 0.346. The van der Waals surface area contributed by atoms with E-state index in [4.69, 9.17) is 5.11 Å². The molecule has 2 amide bonds. The summed E-state index contributed by atoms with van der Waals surface area (Å²) in [5, 5.41) is 17.1. The van der Waals surface area contributed by atoms with Gasteiger partial charge in [-0.3, -0.25) is 14.7 Å². The number of aliphatic hydroxyl groups excluding tert-OH is 1. The summed E-state index contributed by atoms with van der Waals surface area (Å²) in [5.41, 5.74) is 4.20. The number of nitrogens with one attached hydrogen (secondary N) is 2. The zero-order chi connectivity index (χ0) is 25.4. The van der Waals surface area contributed by atoms with E-state index in [1.807, 2.05) is 24.3 Å². The van der Waals surface area contributed by atoms with Crippen LogP contribution in [0.15, 0.2) is 61.2 Å². The molecular formula is C26H34N6O3. The van der Waals surface area contributed by atoms with E-state index in [1.165, 1.54) is 0 Å². The van der Waals surface area contributed by atoms with Gasteiger partial charge in [-0.15, -0.1) is 0 Å². The van der Waals surface area contributed by atoms with Crippen molar-refractivity contribution in [2.24, 2.45) is 0 Å². The van der Waals surface area contributed by atoms with E-state index in [0.29, 0.717) is 24.5 Å². The summed E-state index contributed by atoms with van der Waals surface area (Å²) < 4.78 is 0. The third kappa shape index (κ3) is 6.26. The molecule has 1 aromatic heterocycles. The number of likely N-dealkylation sites (N-methyl/N-ethyl adjacent to an activating group) is 1. The molecule has 1 saturated heterocycles. The summed E-state index contributed by atoms with van der Waals surface area (Å²) in [4.78, 5) is 31.9. The number of carbonyl (C=O) groups is 2. The molecule has 0 aliphatic carbocycles. The lowest BCUT2D eigenvalue weighted by Crippen LogP contribution is -2.44. The SMILES string of the molecule is C=C/C=C(\C=C)CC(=O)N1Cc2[nH]nc(NC(=O)c3ccc(N4CCN(C)CC4)cc3)c2C1.CO. The maximum Gasteiger partial charge on any atom is 0.256 e. The molecule has 2 aliphatic heterocycles. The Hall–Kier alpha value is -3.69. The Labute approximate surface area is 206 Å². The van der Waals surface area contributed by atoms with Gasteiger partial charge in [-0.1, -0.05) is 31.4 Å². The predicted octanol–water partition coefficient (Wildman–Crippen LogP) is 2.55. The molecule has 0 unspecified atom stereocenters. The van der Waals surface area contributed by atoms with Crippen molar-refractivity contribution in [1.82, 2.24) is 20.0 Å². The number of H-pyrrole nitrogens is 1. The molecule has 3 N–H and O–H groups in total. The van der Waals surface area contributed by atoms with Crippen LogP contribution in [0, 0.1) is 0 Å². The van der Waals surface area contributed by atoms with Crippen molar-refractivity contribution >= 4 is 23.3 Å². The Balaban J connectivity index is 0.00000167. The average Bonchev–Trinajstić information content (AvgIpc) is 3.47. The number of aromatic amines is 1. The van der Waals surface area contributed by atoms with Gasteiger partial charge in [0, 0.05) is 50.1 Å². The number of piperazine rings is 1. The van der Waals surface area contributed by atoms with Crippen molar-refractivity contribution in [3.8, 4) is 0 Å². The number of nitrogens with zero attached hydrogens (tertiary/aromatic N) is 4. The Morgan fingerprint density at radius 1 is 1.11 bits per heavy atom. The second kappa shape index (κ2) is 12.1. The molecule has 3 heterocycles. The molecule has 0 atom stereocenters. The maximum absolute atomic E-state index is 12.8. The standard InChI is InChI=1S/C25H30N6O2.CH4O/c1-4-6-18(5-2)15-23(32)31-16-21-22(17-31)27-28-24(21)26-25(33)19-7-9-20(10-8-19)30-13-11-29(3)12-14-30;1-2/h4-10H,1-2,11-17H2,3H3,(H2,26,27,28,33);2H,1H3/b18-6+;. The molecule has 9 nitrogen and oxygen atoms in total. The van der Waals surface area contributed by atoms with Crippen LogP contribution < -0.4 is 10.2 Å². The minimum Gasteiger partial charge on any atom is -0.400 e. The topological polar surface area (TPSA) is 105 Å². The molecule has 4 rings (SSSR count). The zero-order valence-electron chi connectivity index (χ0n) is 20.5. The molecule has 186 valence electrons. The van der Waals surface area contributed by atoms with Crippen LogP contribution in [0.3, 0.4) is 0 Å². The molecule has 35 heavy (non-hydrogen) atoms. The van der Waals surface area contributed by atoms with Gasteiger partial charge < -0.3 is 25.1 Å². The first-order valence-corrected chi connectivity index (χ1v) is 11.6. The molecule has 0 radical (unpaired) electrons. The number of anilines is 2. The second-order valence-corrected chi connectivity index (χ2v) is 8.43. The Kier molecular flexibility index (Phi) is 8.99. The van der Waals surface area contributed by atoms with E-state index in [0.717, 1.165) is 55.8 Å². The van der Waals surface area contributed by atoms with E-state index in [-0.39, 0.29) is 18.2 Å². The van der Waals surface area contributed by atoms with E-state index < -0.39 is 0 Å². The molecule has 1 fully saturated rings. The van der Waals surface area contributed by atoms with Gasteiger partial charge in [-0.25, -0.2) is 0 Å². The van der Waals surface area contributed by atoms with E-state index in [1.54, 1.807) is 23.1 Å². The fourth-order valence-corrected chi connectivity index (χ4v) is 4.12. The van der Waals surface area contributed by atoms with Gasteiger partial charge in [-0.2, -0.15) is 5.10 Å². The smallest absolute Gasteiger partial charge is 0.256 e. The molecule has 0 bridgehead atoms. The zero-order valence-corrected chi connectivity index (χ0v) is 20.5. The number of rotatable bonds is 7. The van der Waals surface area contributed by atoms with Crippen molar-refractivity contribution in [3.63, 3.8) is 0 Å². The van der Waals surface area contributed by atoms with Crippen LogP contribution in [0.5, 0.6) is 0 Å². The molecule has 1 aromatic carbocycles. The van der Waals surface area contributed by atoms with Crippen LogP contribution in [0.2, 0.25) is 0 Å². The molecule has 0 spiro atoms. The molecule has 2 aromatic rings. The molecule has 0 saturated carbocycles. The summed E-state index contributed by atoms with van der Waals surface area (Å²) in [6.45, 7) is 12.3. The molecular weight excluding hydrogens is 444 g/mol. The Morgan fingerprint density at radius 2 is 1.80 bits per heavy atom. The number of aliphatic hydroxyl groups is 1. The monoisotopic (exact) mass is 478 g/mol. The van der Waals surface area contributed by atoms with E-state index >= 15 is 0 Å².